The summed E-state index contributed by atoms with van der Waals surface area (Å²) in [6.07, 6.45) is 3.63. The zero-order chi connectivity index (χ0) is 19.7. The molecule has 4 rings (SSSR count). The van der Waals surface area contributed by atoms with Crippen LogP contribution in [0.3, 0.4) is 0 Å². The van der Waals surface area contributed by atoms with E-state index in [-0.39, 0.29) is 5.41 Å². The molecule has 0 aliphatic rings. The fourth-order valence-electron chi connectivity index (χ4n) is 3.28. The lowest BCUT2D eigenvalue weighted by Crippen LogP contribution is -2.16. The Bertz CT molecular complexity index is 1100. The molecule has 142 valence electrons. The van der Waals surface area contributed by atoms with Gasteiger partial charge < -0.3 is 4.74 Å². The van der Waals surface area contributed by atoms with E-state index in [0.717, 1.165) is 33.8 Å². The number of H-pyrrole nitrogens is 1. The number of fused-ring (bicyclic) bond motifs is 1. The first-order valence-corrected chi connectivity index (χ1v) is 9.30. The summed E-state index contributed by atoms with van der Waals surface area (Å²) in [7, 11) is 1.70. The molecule has 1 N–H and O–H groups in total. The van der Waals surface area contributed by atoms with E-state index >= 15 is 0 Å². The molecule has 4 aromatic rings. The maximum Gasteiger partial charge on any atom is 0.142 e. The Balaban J connectivity index is 1.96. The van der Waals surface area contributed by atoms with E-state index in [2.05, 4.69) is 71.2 Å². The highest BCUT2D eigenvalue weighted by Gasteiger charge is 2.22. The Kier molecular flexibility index (Phi) is 4.51. The van der Waals surface area contributed by atoms with Crippen molar-refractivity contribution in [3.05, 3.63) is 72.6 Å². The van der Waals surface area contributed by atoms with Gasteiger partial charge in [-0.05, 0) is 53.4 Å². The van der Waals surface area contributed by atoms with Crippen LogP contribution in [-0.4, -0.2) is 22.3 Å². The maximum absolute atomic E-state index is 5.72. The van der Waals surface area contributed by atoms with Gasteiger partial charge in [0.15, 0.2) is 0 Å². The number of hydrogen-bond donors (Lipinski definition) is 1. The first-order chi connectivity index (χ1) is 13.5. The van der Waals surface area contributed by atoms with E-state index in [1.165, 1.54) is 5.56 Å². The summed E-state index contributed by atoms with van der Waals surface area (Å²) >= 11 is 0. The number of rotatable bonds is 4. The number of pyridine rings is 1. The molecule has 2 aromatic carbocycles. The minimum absolute atomic E-state index is 0.0180. The van der Waals surface area contributed by atoms with Crippen LogP contribution in [0.4, 0.5) is 17.2 Å². The summed E-state index contributed by atoms with van der Waals surface area (Å²) in [6, 6.07) is 18.5. The molecular weight excluding hydrogens is 348 g/mol. The summed E-state index contributed by atoms with van der Waals surface area (Å²) < 4.78 is 5.72. The van der Waals surface area contributed by atoms with Gasteiger partial charge in [-0.3, -0.25) is 10.00 Å². The molecule has 28 heavy (non-hydrogen) atoms. The molecule has 0 unspecified atom stereocenters. The summed E-state index contributed by atoms with van der Waals surface area (Å²) in [4.78, 5) is 6.73. The fourth-order valence-corrected chi connectivity index (χ4v) is 3.28. The molecule has 0 radical (unpaired) electrons. The molecule has 0 spiro atoms. The van der Waals surface area contributed by atoms with Gasteiger partial charge in [-0.2, -0.15) is 5.10 Å². The average Bonchev–Trinajstić information content (AvgIpc) is 3.16. The summed E-state index contributed by atoms with van der Waals surface area (Å²) in [6.45, 7) is 6.63. The Labute approximate surface area is 165 Å². The first kappa shape index (κ1) is 18.0. The van der Waals surface area contributed by atoms with Gasteiger partial charge in [0, 0.05) is 17.3 Å². The van der Waals surface area contributed by atoms with Gasteiger partial charge in [0.2, 0.25) is 0 Å². The van der Waals surface area contributed by atoms with Gasteiger partial charge in [-0.1, -0.05) is 32.9 Å². The van der Waals surface area contributed by atoms with Crippen LogP contribution >= 0.6 is 0 Å². The third kappa shape index (κ3) is 3.31. The number of nitrogens with zero attached hydrogens (tertiary/aromatic N) is 3. The first-order valence-electron chi connectivity index (χ1n) is 9.30. The van der Waals surface area contributed by atoms with Crippen LogP contribution in [0.5, 0.6) is 5.75 Å². The van der Waals surface area contributed by atoms with Crippen LogP contribution in [0.25, 0.3) is 10.9 Å². The van der Waals surface area contributed by atoms with Gasteiger partial charge in [0.1, 0.15) is 11.6 Å². The molecular formula is C23H24N4O. The largest absolute Gasteiger partial charge is 0.495 e. The zero-order valence-electron chi connectivity index (χ0n) is 16.6. The van der Waals surface area contributed by atoms with Crippen LogP contribution in [0, 0.1) is 0 Å². The number of methoxy groups -OCH3 is 1. The van der Waals surface area contributed by atoms with Crippen molar-refractivity contribution in [2.75, 3.05) is 12.0 Å². The quantitative estimate of drug-likeness (QED) is 0.497. The topological polar surface area (TPSA) is 54.0 Å². The Morgan fingerprint density at radius 2 is 1.86 bits per heavy atom. The lowest BCUT2D eigenvalue weighted by molar-refractivity contribution is 0.415. The van der Waals surface area contributed by atoms with E-state index in [4.69, 9.17) is 4.74 Å². The molecule has 0 amide bonds. The predicted molar refractivity (Wildman–Crippen MR) is 114 cm³/mol. The summed E-state index contributed by atoms with van der Waals surface area (Å²) in [5, 5.41) is 8.27. The van der Waals surface area contributed by atoms with Crippen LogP contribution in [0.2, 0.25) is 0 Å². The maximum atomic E-state index is 5.72. The second-order valence-corrected chi connectivity index (χ2v) is 7.80. The Morgan fingerprint density at radius 1 is 1.00 bits per heavy atom. The van der Waals surface area contributed by atoms with Gasteiger partial charge in [0.05, 0.1) is 24.5 Å². The van der Waals surface area contributed by atoms with Crippen molar-refractivity contribution < 1.29 is 4.74 Å². The standard InChI is InChI=1S/C23H24N4O/c1-23(2,3)17-9-11-21(28-4)20(13-17)27(22-7-5-6-12-24-22)18-10-8-16-15-25-26-19(16)14-18/h5-15H,1-4H3,(H,25,26). The lowest BCUT2D eigenvalue weighted by Gasteiger charge is -2.28. The van der Waals surface area contributed by atoms with Gasteiger partial charge in [-0.25, -0.2) is 4.98 Å². The molecule has 0 bridgehead atoms. The SMILES string of the molecule is COc1ccc(C(C)(C)C)cc1N(c1ccc2cn[nH]c2c1)c1ccccn1. The van der Waals surface area contributed by atoms with Gasteiger partial charge in [0.25, 0.3) is 0 Å². The Morgan fingerprint density at radius 3 is 2.57 bits per heavy atom. The molecule has 0 aliphatic heterocycles. The molecule has 0 saturated carbocycles. The van der Waals surface area contributed by atoms with E-state index in [1.807, 2.05) is 30.5 Å². The van der Waals surface area contributed by atoms with Crippen LogP contribution in [0.1, 0.15) is 26.3 Å². The average molecular weight is 372 g/mol. The molecule has 0 fully saturated rings. The highest BCUT2D eigenvalue weighted by Crippen LogP contribution is 2.42. The molecule has 2 heterocycles. The monoisotopic (exact) mass is 372 g/mol. The fraction of sp³-hybridized carbons (Fsp3) is 0.217. The normalized spacial score (nSPS) is 11.6. The molecule has 5 heteroatoms. The predicted octanol–water partition coefficient (Wildman–Crippen LogP) is 5.73. The third-order valence-corrected chi connectivity index (χ3v) is 4.85. The van der Waals surface area contributed by atoms with Crippen molar-refractivity contribution in [2.45, 2.75) is 26.2 Å². The number of aromatic nitrogens is 3. The van der Waals surface area contributed by atoms with Gasteiger partial charge in [-0.15, -0.1) is 0 Å². The minimum atomic E-state index is 0.0180. The van der Waals surface area contributed by atoms with Crippen molar-refractivity contribution in [2.24, 2.45) is 0 Å². The van der Waals surface area contributed by atoms with Crippen molar-refractivity contribution in [3.8, 4) is 5.75 Å². The van der Waals surface area contributed by atoms with Crippen molar-refractivity contribution >= 4 is 28.1 Å². The van der Waals surface area contributed by atoms with Crippen LogP contribution in [-0.2, 0) is 5.41 Å². The van der Waals surface area contributed by atoms with E-state index in [1.54, 1.807) is 13.3 Å². The summed E-state index contributed by atoms with van der Waals surface area (Å²) in [5.74, 6) is 1.62. The number of benzene rings is 2. The van der Waals surface area contributed by atoms with E-state index in [9.17, 15) is 0 Å². The minimum Gasteiger partial charge on any atom is -0.495 e. The molecule has 0 aliphatic carbocycles. The van der Waals surface area contributed by atoms with Crippen molar-refractivity contribution in [1.82, 2.24) is 15.2 Å². The van der Waals surface area contributed by atoms with E-state index < -0.39 is 0 Å². The van der Waals surface area contributed by atoms with E-state index in [0.29, 0.717) is 0 Å². The molecule has 0 atom stereocenters. The number of ether oxygens (including phenoxy) is 1. The Hall–Kier alpha value is -3.34. The third-order valence-electron chi connectivity index (χ3n) is 4.85. The number of nitrogens with one attached hydrogen (secondary N) is 1. The van der Waals surface area contributed by atoms with Crippen LogP contribution in [0.15, 0.2) is 67.0 Å². The van der Waals surface area contributed by atoms with Gasteiger partial charge >= 0.3 is 0 Å². The number of anilines is 3. The second kappa shape index (κ2) is 7.00. The molecule has 5 nitrogen and oxygen atoms in total. The molecule has 0 saturated heterocycles. The number of hydrogen-bond acceptors (Lipinski definition) is 4. The van der Waals surface area contributed by atoms with Crippen molar-refractivity contribution in [3.63, 3.8) is 0 Å². The zero-order valence-corrected chi connectivity index (χ0v) is 16.6. The highest BCUT2D eigenvalue weighted by atomic mass is 16.5. The smallest absolute Gasteiger partial charge is 0.142 e. The van der Waals surface area contributed by atoms with Crippen molar-refractivity contribution in [1.29, 1.82) is 0 Å². The highest BCUT2D eigenvalue weighted by molar-refractivity contribution is 5.87. The summed E-state index contributed by atoms with van der Waals surface area (Å²) in [5.41, 5.74) is 4.16. The second-order valence-electron chi connectivity index (χ2n) is 7.80. The number of aromatic amines is 1. The molecule has 2 aromatic heterocycles. The lowest BCUT2D eigenvalue weighted by atomic mass is 9.86. The van der Waals surface area contributed by atoms with Crippen LogP contribution < -0.4 is 9.64 Å².